The molecule has 11 heteroatoms. The monoisotopic (exact) mass is 393 g/mol. The number of hydrogen-bond acceptors (Lipinski definition) is 5. The highest BCUT2D eigenvalue weighted by Gasteiger charge is 2.32. The molecule has 0 aliphatic carbocycles. The van der Waals surface area contributed by atoms with Gasteiger partial charge in [0.2, 0.25) is 5.91 Å². The summed E-state index contributed by atoms with van der Waals surface area (Å²) < 4.78 is 41.9. The number of piperidine rings is 1. The molecule has 3 aromatic rings. The van der Waals surface area contributed by atoms with Gasteiger partial charge in [0.15, 0.2) is 0 Å². The highest BCUT2D eigenvalue weighted by atomic mass is 19.4. The number of alkyl halides is 3. The predicted octanol–water partition coefficient (Wildman–Crippen LogP) is 2.30. The van der Waals surface area contributed by atoms with Gasteiger partial charge < -0.3 is 4.90 Å². The van der Waals surface area contributed by atoms with Gasteiger partial charge in [-0.2, -0.15) is 18.3 Å². The summed E-state index contributed by atoms with van der Waals surface area (Å²) in [6.07, 6.45) is 0.442. The maximum atomic E-state index is 12.9. The second kappa shape index (κ2) is 7.21. The van der Waals surface area contributed by atoms with Gasteiger partial charge in [0, 0.05) is 19.5 Å². The molecule has 1 atom stereocenters. The topological polar surface area (TPSA) is 81.7 Å². The molecule has 0 spiro atoms. The van der Waals surface area contributed by atoms with Crippen LogP contribution in [-0.4, -0.2) is 53.7 Å². The lowest BCUT2D eigenvalue weighted by Crippen LogP contribution is -2.41. The standard InChI is InChI=1S/C17H18F3N7O/c18-17(19,20)12-3-4-15-14(8-12)23-24-27(15)13-2-1-6-25(9-13)16(28)5-7-26-11-21-10-22-26/h3-4,8,10-11,13H,1-2,5-7,9H2/t13-/m0/s1. The molecule has 1 aliphatic heterocycles. The first kappa shape index (κ1) is 18.4. The van der Waals surface area contributed by atoms with Crippen LogP contribution in [0, 0.1) is 0 Å². The van der Waals surface area contributed by atoms with Gasteiger partial charge in [-0.1, -0.05) is 5.21 Å². The Hall–Kier alpha value is -2.98. The largest absolute Gasteiger partial charge is 0.416 e. The molecule has 1 aliphatic rings. The number of rotatable bonds is 4. The van der Waals surface area contributed by atoms with E-state index in [9.17, 15) is 18.0 Å². The summed E-state index contributed by atoms with van der Waals surface area (Å²) >= 11 is 0. The summed E-state index contributed by atoms with van der Waals surface area (Å²) in [5.74, 6) is 0.00368. The lowest BCUT2D eigenvalue weighted by molar-refractivity contribution is -0.137. The van der Waals surface area contributed by atoms with Crippen LogP contribution in [0.3, 0.4) is 0 Å². The number of benzene rings is 1. The molecule has 0 bridgehead atoms. The maximum Gasteiger partial charge on any atom is 0.416 e. The molecule has 4 rings (SSSR count). The van der Waals surface area contributed by atoms with Crippen molar-refractivity contribution in [3.8, 4) is 0 Å². The van der Waals surface area contributed by atoms with Crippen LogP contribution >= 0.6 is 0 Å². The van der Waals surface area contributed by atoms with Crippen molar-refractivity contribution in [2.24, 2.45) is 0 Å². The van der Waals surface area contributed by atoms with E-state index < -0.39 is 11.7 Å². The quantitative estimate of drug-likeness (QED) is 0.679. The Bertz CT molecular complexity index is 967. The molecule has 0 unspecified atom stereocenters. The average molecular weight is 393 g/mol. The number of carbonyl (C=O) groups excluding carboxylic acids is 1. The molecule has 2 aromatic heterocycles. The Kier molecular flexibility index (Phi) is 4.73. The first-order valence-electron chi connectivity index (χ1n) is 8.94. The number of amides is 1. The summed E-state index contributed by atoms with van der Waals surface area (Å²) in [6.45, 7) is 1.56. The van der Waals surface area contributed by atoms with Gasteiger partial charge in [-0.3, -0.25) is 9.48 Å². The fraction of sp³-hybridized carbons (Fsp3) is 0.471. The SMILES string of the molecule is O=C(CCn1cncn1)N1CCC[C@H](n2nnc3cc(C(F)(F)F)ccc32)C1. The van der Waals surface area contributed by atoms with Crippen molar-refractivity contribution < 1.29 is 18.0 Å². The van der Waals surface area contributed by atoms with Crippen LogP contribution in [0.2, 0.25) is 0 Å². The molecular formula is C17H18F3N7O. The van der Waals surface area contributed by atoms with Crippen molar-refractivity contribution in [3.63, 3.8) is 0 Å². The maximum absolute atomic E-state index is 12.9. The number of carbonyl (C=O) groups is 1. The molecule has 0 saturated carbocycles. The smallest absolute Gasteiger partial charge is 0.340 e. The zero-order chi connectivity index (χ0) is 19.7. The second-order valence-corrected chi connectivity index (χ2v) is 6.78. The molecule has 1 aromatic carbocycles. The summed E-state index contributed by atoms with van der Waals surface area (Å²) in [6, 6.07) is 3.31. The Morgan fingerprint density at radius 1 is 1.29 bits per heavy atom. The zero-order valence-corrected chi connectivity index (χ0v) is 14.9. The van der Waals surface area contributed by atoms with E-state index in [1.54, 1.807) is 20.6 Å². The third kappa shape index (κ3) is 3.69. The van der Waals surface area contributed by atoms with E-state index in [-0.39, 0.29) is 17.5 Å². The minimum Gasteiger partial charge on any atom is -0.340 e. The number of aromatic nitrogens is 6. The molecule has 148 valence electrons. The summed E-state index contributed by atoms with van der Waals surface area (Å²) in [5, 5.41) is 11.9. The molecule has 0 radical (unpaired) electrons. The highest BCUT2D eigenvalue weighted by molar-refractivity contribution is 5.77. The van der Waals surface area contributed by atoms with E-state index in [2.05, 4.69) is 20.4 Å². The summed E-state index contributed by atoms with van der Waals surface area (Å²) in [5.41, 5.74) is -0.0139. The minimum absolute atomic E-state index is 0.00368. The number of nitrogens with zero attached hydrogens (tertiary/aromatic N) is 7. The van der Waals surface area contributed by atoms with E-state index in [1.807, 2.05) is 0 Å². The molecular weight excluding hydrogens is 375 g/mol. The predicted molar refractivity (Wildman–Crippen MR) is 92.0 cm³/mol. The average Bonchev–Trinajstić information content (AvgIpc) is 3.34. The lowest BCUT2D eigenvalue weighted by atomic mass is 10.0. The lowest BCUT2D eigenvalue weighted by Gasteiger charge is -2.33. The normalized spacial score (nSPS) is 18.0. The van der Waals surface area contributed by atoms with E-state index in [4.69, 9.17) is 0 Å². The number of hydrogen-bond donors (Lipinski definition) is 0. The number of fused-ring (bicyclic) bond motifs is 1. The van der Waals surface area contributed by atoms with Crippen LogP contribution in [0.1, 0.15) is 30.9 Å². The molecule has 0 N–H and O–H groups in total. The van der Waals surface area contributed by atoms with E-state index in [0.717, 1.165) is 25.0 Å². The summed E-state index contributed by atoms with van der Waals surface area (Å²) in [4.78, 5) is 18.1. The van der Waals surface area contributed by atoms with Crippen molar-refractivity contribution in [2.75, 3.05) is 13.1 Å². The van der Waals surface area contributed by atoms with E-state index in [1.165, 1.54) is 12.4 Å². The third-order valence-electron chi connectivity index (χ3n) is 4.91. The van der Waals surface area contributed by atoms with Crippen LogP contribution in [0.25, 0.3) is 11.0 Å². The Morgan fingerprint density at radius 2 is 2.14 bits per heavy atom. The van der Waals surface area contributed by atoms with E-state index in [0.29, 0.717) is 31.6 Å². The van der Waals surface area contributed by atoms with Gasteiger partial charge in [-0.25, -0.2) is 9.67 Å². The number of halogens is 3. The van der Waals surface area contributed by atoms with Gasteiger partial charge in [0.25, 0.3) is 0 Å². The van der Waals surface area contributed by atoms with Gasteiger partial charge in [-0.15, -0.1) is 5.10 Å². The van der Waals surface area contributed by atoms with Crippen LogP contribution in [0.4, 0.5) is 13.2 Å². The van der Waals surface area contributed by atoms with Crippen LogP contribution in [0.15, 0.2) is 30.9 Å². The van der Waals surface area contributed by atoms with Gasteiger partial charge >= 0.3 is 6.18 Å². The second-order valence-electron chi connectivity index (χ2n) is 6.78. The molecule has 1 fully saturated rings. The van der Waals surface area contributed by atoms with Crippen LogP contribution in [0.5, 0.6) is 0 Å². The fourth-order valence-corrected chi connectivity index (χ4v) is 3.49. The van der Waals surface area contributed by atoms with Crippen molar-refractivity contribution in [3.05, 3.63) is 36.4 Å². The Balaban J connectivity index is 1.47. The summed E-state index contributed by atoms with van der Waals surface area (Å²) in [7, 11) is 0. The molecule has 1 amide bonds. The van der Waals surface area contributed by atoms with E-state index >= 15 is 0 Å². The Morgan fingerprint density at radius 3 is 2.89 bits per heavy atom. The van der Waals surface area contributed by atoms with Crippen molar-refractivity contribution in [1.82, 2.24) is 34.7 Å². The molecule has 8 nitrogen and oxygen atoms in total. The van der Waals surface area contributed by atoms with Crippen LogP contribution in [-0.2, 0) is 17.5 Å². The van der Waals surface area contributed by atoms with Gasteiger partial charge in [-0.05, 0) is 31.0 Å². The minimum atomic E-state index is -4.42. The van der Waals surface area contributed by atoms with Crippen molar-refractivity contribution in [1.29, 1.82) is 0 Å². The molecule has 28 heavy (non-hydrogen) atoms. The fourth-order valence-electron chi connectivity index (χ4n) is 3.49. The molecule has 3 heterocycles. The van der Waals surface area contributed by atoms with Crippen LogP contribution < -0.4 is 0 Å². The first-order valence-corrected chi connectivity index (χ1v) is 8.94. The van der Waals surface area contributed by atoms with Gasteiger partial charge in [0.05, 0.1) is 23.7 Å². The van der Waals surface area contributed by atoms with Crippen molar-refractivity contribution >= 4 is 16.9 Å². The highest BCUT2D eigenvalue weighted by Crippen LogP contribution is 2.32. The van der Waals surface area contributed by atoms with Gasteiger partial charge in [0.1, 0.15) is 18.2 Å². The Labute approximate surface area is 157 Å². The van der Waals surface area contributed by atoms with Crippen molar-refractivity contribution in [2.45, 2.75) is 38.0 Å². The number of aryl methyl sites for hydroxylation is 1. The zero-order valence-electron chi connectivity index (χ0n) is 14.9. The first-order chi connectivity index (χ1) is 13.4. The number of likely N-dealkylation sites (tertiary alicyclic amines) is 1. The third-order valence-corrected chi connectivity index (χ3v) is 4.91. The molecule has 1 saturated heterocycles.